The van der Waals surface area contributed by atoms with Gasteiger partial charge in [-0.15, -0.1) is 0 Å². The number of hydrogen-bond acceptors (Lipinski definition) is 5. The first-order valence-corrected chi connectivity index (χ1v) is 9.35. The Morgan fingerprint density at radius 1 is 1.26 bits per heavy atom. The number of amides is 1. The predicted molar refractivity (Wildman–Crippen MR) is 105 cm³/mol. The lowest BCUT2D eigenvalue weighted by Gasteiger charge is -2.37. The van der Waals surface area contributed by atoms with Crippen LogP contribution in [0.25, 0.3) is 0 Å². The van der Waals surface area contributed by atoms with E-state index in [1.165, 1.54) is 20.0 Å². The normalized spacial score (nSPS) is 16.7. The number of anilines is 2. The number of piperidine rings is 1. The van der Waals surface area contributed by atoms with Crippen molar-refractivity contribution in [1.82, 2.24) is 4.98 Å². The number of nitrogens with one attached hydrogen (secondary N) is 1. The van der Waals surface area contributed by atoms with Crippen LogP contribution in [0.5, 0.6) is 0 Å². The number of benzene rings is 1. The quantitative estimate of drug-likeness (QED) is 0.812. The van der Waals surface area contributed by atoms with Gasteiger partial charge in [-0.3, -0.25) is 9.78 Å². The highest BCUT2D eigenvalue weighted by molar-refractivity contribution is 6.07. The SMILES string of the molecule is CCC1CCCCN1c1ccnc(C(=O)Nc2ccccc2C(=O)OC)c1. The molecular weight excluding hydrogens is 342 g/mol. The van der Waals surface area contributed by atoms with Crippen molar-refractivity contribution >= 4 is 23.3 Å². The largest absolute Gasteiger partial charge is 0.465 e. The molecular formula is C21H25N3O3. The number of carbonyl (C=O) groups excluding carboxylic acids is 2. The van der Waals surface area contributed by atoms with E-state index in [1.807, 2.05) is 12.1 Å². The van der Waals surface area contributed by atoms with Gasteiger partial charge in [0.2, 0.25) is 0 Å². The molecule has 1 N–H and O–H groups in total. The molecule has 0 spiro atoms. The van der Waals surface area contributed by atoms with E-state index in [-0.39, 0.29) is 5.91 Å². The van der Waals surface area contributed by atoms with Crippen LogP contribution in [0, 0.1) is 0 Å². The van der Waals surface area contributed by atoms with Gasteiger partial charge in [0.25, 0.3) is 5.91 Å². The highest BCUT2D eigenvalue weighted by Gasteiger charge is 2.22. The van der Waals surface area contributed by atoms with Gasteiger partial charge in [-0.2, -0.15) is 0 Å². The summed E-state index contributed by atoms with van der Waals surface area (Å²) in [5.41, 5.74) is 2.06. The number of ether oxygens (including phenoxy) is 1. The van der Waals surface area contributed by atoms with E-state index in [0.717, 1.165) is 25.1 Å². The van der Waals surface area contributed by atoms with E-state index in [2.05, 4.69) is 22.1 Å². The van der Waals surface area contributed by atoms with E-state index in [4.69, 9.17) is 4.74 Å². The average molecular weight is 367 g/mol. The molecule has 0 saturated carbocycles. The fourth-order valence-electron chi connectivity index (χ4n) is 3.55. The Morgan fingerprint density at radius 2 is 2.07 bits per heavy atom. The molecule has 3 rings (SSSR count). The Hall–Kier alpha value is -2.89. The van der Waals surface area contributed by atoms with E-state index in [1.54, 1.807) is 30.5 Å². The summed E-state index contributed by atoms with van der Waals surface area (Å²) in [7, 11) is 1.31. The number of para-hydroxylation sites is 1. The van der Waals surface area contributed by atoms with Crippen molar-refractivity contribution in [2.24, 2.45) is 0 Å². The van der Waals surface area contributed by atoms with Gasteiger partial charge in [0.15, 0.2) is 0 Å². The second-order valence-corrected chi connectivity index (χ2v) is 6.64. The molecule has 0 bridgehead atoms. The van der Waals surface area contributed by atoms with E-state index < -0.39 is 5.97 Å². The molecule has 1 fully saturated rings. The zero-order chi connectivity index (χ0) is 19.2. The van der Waals surface area contributed by atoms with Gasteiger partial charge in [0.05, 0.1) is 18.4 Å². The fraction of sp³-hybridized carbons (Fsp3) is 0.381. The maximum atomic E-state index is 12.7. The Balaban J connectivity index is 1.81. The van der Waals surface area contributed by atoms with Gasteiger partial charge in [-0.25, -0.2) is 4.79 Å². The third kappa shape index (κ3) is 4.27. The minimum absolute atomic E-state index is 0.312. The van der Waals surface area contributed by atoms with Gasteiger partial charge in [0.1, 0.15) is 5.69 Å². The number of hydrogen-bond donors (Lipinski definition) is 1. The highest BCUT2D eigenvalue weighted by Crippen LogP contribution is 2.27. The zero-order valence-electron chi connectivity index (χ0n) is 15.8. The van der Waals surface area contributed by atoms with E-state index in [0.29, 0.717) is 23.0 Å². The number of esters is 1. The minimum Gasteiger partial charge on any atom is -0.465 e. The Labute approximate surface area is 159 Å². The molecule has 142 valence electrons. The highest BCUT2D eigenvalue weighted by atomic mass is 16.5. The standard InChI is InChI=1S/C21H25N3O3/c1-3-15-8-6-7-13-24(15)16-11-12-22-19(14-16)20(25)23-18-10-5-4-9-17(18)21(26)27-2/h4-5,9-12,14-15H,3,6-8,13H2,1-2H3,(H,23,25). The summed E-state index contributed by atoms with van der Waals surface area (Å²) < 4.78 is 4.77. The predicted octanol–water partition coefficient (Wildman–Crippen LogP) is 3.89. The lowest BCUT2D eigenvalue weighted by Crippen LogP contribution is -2.39. The summed E-state index contributed by atoms with van der Waals surface area (Å²) in [4.78, 5) is 31.2. The summed E-state index contributed by atoms with van der Waals surface area (Å²) in [5, 5.41) is 2.78. The van der Waals surface area contributed by atoms with Crippen molar-refractivity contribution in [2.75, 3.05) is 23.9 Å². The van der Waals surface area contributed by atoms with Gasteiger partial charge in [0, 0.05) is 24.5 Å². The fourth-order valence-corrected chi connectivity index (χ4v) is 3.55. The lowest BCUT2D eigenvalue weighted by molar-refractivity contribution is 0.0602. The number of pyridine rings is 1. The Kier molecular flexibility index (Phi) is 6.06. The summed E-state index contributed by atoms with van der Waals surface area (Å²) >= 11 is 0. The van der Waals surface area contributed by atoms with Crippen LogP contribution in [-0.4, -0.2) is 36.6 Å². The third-order valence-electron chi connectivity index (χ3n) is 4.99. The molecule has 27 heavy (non-hydrogen) atoms. The number of methoxy groups -OCH3 is 1. The van der Waals surface area contributed by atoms with Crippen molar-refractivity contribution in [3.05, 3.63) is 53.9 Å². The van der Waals surface area contributed by atoms with Crippen molar-refractivity contribution in [3.8, 4) is 0 Å². The molecule has 1 atom stereocenters. The Morgan fingerprint density at radius 3 is 2.85 bits per heavy atom. The molecule has 1 saturated heterocycles. The molecule has 6 nitrogen and oxygen atoms in total. The van der Waals surface area contributed by atoms with Gasteiger partial charge in [-0.1, -0.05) is 19.1 Å². The number of aromatic nitrogens is 1. The van der Waals surface area contributed by atoms with Crippen LogP contribution in [0.1, 0.15) is 53.5 Å². The number of rotatable bonds is 5. The van der Waals surface area contributed by atoms with Crippen molar-refractivity contribution < 1.29 is 14.3 Å². The van der Waals surface area contributed by atoms with Crippen LogP contribution in [-0.2, 0) is 4.74 Å². The first-order valence-electron chi connectivity index (χ1n) is 9.35. The van der Waals surface area contributed by atoms with Crippen LogP contribution in [0.15, 0.2) is 42.6 Å². The number of carbonyl (C=O) groups is 2. The van der Waals surface area contributed by atoms with Gasteiger partial charge >= 0.3 is 5.97 Å². The third-order valence-corrected chi connectivity index (χ3v) is 4.99. The second kappa shape index (κ2) is 8.66. The lowest BCUT2D eigenvalue weighted by atomic mass is 9.99. The van der Waals surface area contributed by atoms with Crippen molar-refractivity contribution in [3.63, 3.8) is 0 Å². The Bertz CT molecular complexity index is 822. The maximum absolute atomic E-state index is 12.7. The van der Waals surface area contributed by atoms with Gasteiger partial charge in [-0.05, 0) is 49.9 Å². The van der Waals surface area contributed by atoms with E-state index >= 15 is 0 Å². The maximum Gasteiger partial charge on any atom is 0.339 e. The minimum atomic E-state index is -0.494. The van der Waals surface area contributed by atoms with Crippen LogP contribution < -0.4 is 10.2 Å². The first kappa shape index (κ1) is 18.9. The first-order chi connectivity index (χ1) is 13.1. The molecule has 1 aliphatic heterocycles. The molecule has 1 unspecified atom stereocenters. The summed E-state index contributed by atoms with van der Waals surface area (Å²) in [6.45, 7) is 3.19. The molecule has 6 heteroatoms. The summed E-state index contributed by atoms with van der Waals surface area (Å²) in [6.07, 6.45) is 6.33. The molecule has 1 amide bonds. The van der Waals surface area contributed by atoms with Crippen LogP contribution in [0.3, 0.4) is 0 Å². The van der Waals surface area contributed by atoms with Crippen molar-refractivity contribution in [2.45, 2.75) is 38.6 Å². The van der Waals surface area contributed by atoms with Crippen molar-refractivity contribution in [1.29, 1.82) is 0 Å². The molecule has 2 heterocycles. The van der Waals surface area contributed by atoms with Gasteiger partial charge < -0.3 is 15.0 Å². The summed E-state index contributed by atoms with van der Waals surface area (Å²) in [6, 6.07) is 11.0. The second-order valence-electron chi connectivity index (χ2n) is 6.64. The summed E-state index contributed by atoms with van der Waals surface area (Å²) in [5.74, 6) is -0.843. The molecule has 0 radical (unpaired) electrons. The number of nitrogens with zero attached hydrogens (tertiary/aromatic N) is 2. The van der Waals surface area contributed by atoms with Crippen LogP contribution >= 0.6 is 0 Å². The van der Waals surface area contributed by atoms with E-state index in [9.17, 15) is 9.59 Å². The molecule has 2 aromatic rings. The average Bonchev–Trinajstić information content (AvgIpc) is 2.73. The van der Waals surface area contributed by atoms with Crippen LogP contribution in [0.4, 0.5) is 11.4 Å². The smallest absolute Gasteiger partial charge is 0.339 e. The van der Waals surface area contributed by atoms with Crippen LogP contribution in [0.2, 0.25) is 0 Å². The molecule has 1 aromatic heterocycles. The zero-order valence-corrected chi connectivity index (χ0v) is 15.8. The molecule has 1 aliphatic rings. The molecule has 1 aromatic carbocycles. The topological polar surface area (TPSA) is 71.5 Å². The monoisotopic (exact) mass is 367 g/mol. The molecule has 0 aliphatic carbocycles.